The Hall–Kier alpha value is -1.49. The van der Waals surface area contributed by atoms with Gasteiger partial charge in [-0.25, -0.2) is 0 Å². The van der Waals surface area contributed by atoms with Crippen molar-refractivity contribution < 1.29 is 23.9 Å². The summed E-state index contributed by atoms with van der Waals surface area (Å²) in [6, 6.07) is 0. The van der Waals surface area contributed by atoms with Crippen molar-refractivity contribution >= 4 is 18.0 Å². The summed E-state index contributed by atoms with van der Waals surface area (Å²) in [4.78, 5) is 36.7. The highest BCUT2D eigenvalue weighted by Gasteiger charge is 2.80. The maximum atomic E-state index is 12.9. The standard InChI is InChI=1S/C25H38O5/c1-5-6-7-8-9-10-11-12-21(27)29-20-14-13-18(3)24(4)15-19(17(2)16-26)22(28)23-25(20,24)30-23/h16,18-20,23H,2,5-15H2,1,3-4H3/t18-,19-,20?,23?,24+,25?/m0/s1. The Morgan fingerprint density at radius 3 is 2.53 bits per heavy atom. The number of hydrogen-bond acceptors (Lipinski definition) is 5. The Morgan fingerprint density at radius 2 is 1.87 bits per heavy atom. The Bertz CT molecular complexity index is 685. The summed E-state index contributed by atoms with van der Waals surface area (Å²) in [6.07, 6.45) is 10.4. The molecule has 1 saturated heterocycles. The van der Waals surface area contributed by atoms with Gasteiger partial charge in [-0.15, -0.1) is 0 Å². The maximum Gasteiger partial charge on any atom is 0.306 e. The lowest BCUT2D eigenvalue weighted by molar-refractivity contribution is -0.167. The second-order valence-electron chi connectivity index (χ2n) is 9.89. The van der Waals surface area contributed by atoms with E-state index in [0.717, 1.165) is 32.1 Å². The van der Waals surface area contributed by atoms with Gasteiger partial charge in [0.15, 0.2) is 11.9 Å². The fourth-order valence-electron chi connectivity index (χ4n) is 5.85. The molecule has 5 heteroatoms. The molecule has 6 atom stereocenters. The topological polar surface area (TPSA) is 73.0 Å². The van der Waals surface area contributed by atoms with E-state index in [2.05, 4.69) is 27.4 Å². The van der Waals surface area contributed by atoms with Crippen molar-refractivity contribution in [2.75, 3.05) is 0 Å². The molecular weight excluding hydrogens is 380 g/mol. The molecule has 5 nitrogen and oxygen atoms in total. The average Bonchev–Trinajstić information content (AvgIpc) is 3.49. The molecule has 3 fully saturated rings. The third-order valence-electron chi connectivity index (χ3n) is 8.05. The molecule has 3 unspecified atom stereocenters. The van der Waals surface area contributed by atoms with E-state index < -0.39 is 17.6 Å². The van der Waals surface area contributed by atoms with Gasteiger partial charge in [0.2, 0.25) is 0 Å². The molecule has 2 saturated carbocycles. The van der Waals surface area contributed by atoms with Gasteiger partial charge in [-0.1, -0.05) is 65.9 Å². The Labute approximate surface area is 181 Å². The first-order valence-corrected chi connectivity index (χ1v) is 11.9. The molecule has 1 heterocycles. The summed E-state index contributed by atoms with van der Waals surface area (Å²) in [5.74, 6) is -0.430. The number of Topliss-reactive ketones (excluding diaryl/α,β-unsaturated/α-hetero) is 1. The number of epoxide rings is 1. The number of esters is 1. The van der Waals surface area contributed by atoms with Crippen LogP contribution >= 0.6 is 0 Å². The number of ketones is 1. The van der Waals surface area contributed by atoms with Crippen LogP contribution < -0.4 is 0 Å². The van der Waals surface area contributed by atoms with Gasteiger partial charge in [0.1, 0.15) is 18.0 Å². The SMILES string of the molecule is C=C(C=O)[C@@H]1C[C@]2(C)[C@@H](C)CCC(OC(=O)CCCCCCCCC)C23OC3C1=O. The van der Waals surface area contributed by atoms with Gasteiger partial charge in [-0.2, -0.15) is 0 Å². The molecule has 0 aromatic rings. The Kier molecular flexibility index (Phi) is 7.21. The van der Waals surface area contributed by atoms with E-state index in [-0.39, 0.29) is 23.3 Å². The number of rotatable bonds is 11. The number of unbranched alkanes of at least 4 members (excludes halogenated alkanes) is 6. The van der Waals surface area contributed by atoms with Crippen molar-refractivity contribution in [1.29, 1.82) is 0 Å². The summed E-state index contributed by atoms with van der Waals surface area (Å²) in [5.41, 5.74) is -0.711. The fraction of sp³-hybridized carbons (Fsp3) is 0.800. The lowest BCUT2D eigenvalue weighted by atomic mass is 9.52. The normalized spacial score (nSPS) is 37.1. The van der Waals surface area contributed by atoms with Crippen molar-refractivity contribution in [1.82, 2.24) is 0 Å². The van der Waals surface area contributed by atoms with E-state index in [1.54, 1.807) is 0 Å². The Morgan fingerprint density at radius 1 is 1.20 bits per heavy atom. The highest BCUT2D eigenvalue weighted by atomic mass is 16.7. The summed E-state index contributed by atoms with van der Waals surface area (Å²) < 4.78 is 12.0. The molecule has 3 aliphatic rings. The smallest absolute Gasteiger partial charge is 0.306 e. The maximum absolute atomic E-state index is 12.9. The van der Waals surface area contributed by atoms with E-state index in [0.29, 0.717) is 30.6 Å². The van der Waals surface area contributed by atoms with Gasteiger partial charge in [0.25, 0.3) is 0 Å². The molecule has 2 aliphatic carbocycles. The van der Waals surface area contributed by atoms with Crippen LogP contribution in [0.3, 0.4) is 0 Å². The highest BCUT2D eigenvalue weighted by molar-refractivity contribution is 5.97. The van der Waals surface area contributed by atoms with E-state index in [1.807, 2.05) is 0 Å². The van der Waals surface area contributed by atoms with Crippen LogP contribution in [0.4, 0.5) is 0 Å². The van der Waals surface area contributed by atoms with Crippen molar-refractivity contribution in [2.45, 2.75) is 109 Å². The lowest BCUT2D eigenvalue weighted by Gasteiger charge is -2.51. The quantitative estimate of drug-likeness (QED) is 0.156. The van der Waals surface area contributed by atoms with Crippen LogP contribution in [0.1, 0.15) is 91.4 Å². The fourth-order valence-corrected chi connectivity index (χ4v) is 5.85. The highest BCUT2D eigenvalue weighted by Crippen LogP contribution is 2.67. The first kappa shape index (κ1) is 23.2. The number of carbonyl (C=O) groups is 3. The van der Waals surface area contributed by atoms with E-state index >= 15 is 0 Å². The second kappa shape index (κ2) is 9.33. The predicted octanol–water partition coefficient (Wildman–Crippen LogP) is 4.96. The zero-order valence-corrected chi connectivity index (χ0v) is 18.9. The molecule has 3 rings (SSSR count). The molecule has 0 amide bonds. The number of allylic oxidation sites excluding steroid dienone is 1. The van der Waals surface area contributed by atoms with Gasteiger partial charge in [0, 0.05) is 17.8 Å². The first-order valence-electron chi connectivity index (χ1n) is 11.9. The van der Waals surface area contributed by atoms with Gasteiger partial charge in [0.05, 0.1) is 0 Å². The predicted molar refractivity (Wildman–Crippen MR) is 115 cm³/mol. The summed E-state index contributed by atoms with van der Waals surface area (Å²) in [7, 11) is 0. The summed E-state index contributed by atoms with van der Waals surface area (Å²) in [6.45, 7) is 10.3. The van der Waals surface area contributed by atoms with Gasteiger partial charge >= 0.3 is 5.97 Å². The van der Waals surface area contributed by atoms with Crippen molar-refractivity contribution in [3.63, 3.8) is 0 Å². The number of aldehydes is 1. The van der Waals surface area contributed by atoms with E-state index in [4.69, 9.17) is 9.47 Å². The van der Waals surface area contributed by atoms with Gasteiger partial charge in [-0.3, -0.25) is 14.4 Å². The molecule has 0 N–H and O–H groups in total. The van der Waals surface area contributed by atoms with Gasteiger partial charge in [-0.05, 0) is 37.2 Å². The molecule has 30 heavy (non-hydrogen) atoms. The van der Waals surface area contributed by atoms with Crippen LogP contribution in [0, 0.1) is 17.3 Å². The third kappa shape index (κ3) is 4.02. The minimum Gasteiger partial charge on any atom is -0.459 e. The largest absolute Gasteiger partial charge is 0.459 e. The minimum atomic E-state index is -0.725. The van der Waals surface area contributed by atoms with Crippen molar-refractivity contribution in [3.05, 3.63) is 12.2 Å². The molecule has 168 valence electrons. The molecular formula is C25H38O5. The molecule has 0 aromatic heterocycles. The monoisotopic (exact) mass is 418 g/mol. The molecule has 0 aromatic carbocycles. The molecule has 0 bridgehead atoms. The van der Waals surface area contributed by atoms with E-state index in [1.165, 1.54) is 25.7 Å². The van der Waals surface area contributed by atoms with E-state index in [9.17, 15) is 14.4 Å². The van der Waals surface area contributed by atoms with Crippen LogP contribution in [0.5, 0.6) is 0 Å². The zero-order valence-electron chi connectivity index (χ0n) is 18.9. The summed E-state index contributed by atoms with van der Waals surface area (Å²) >= 11 is 0. The zero-order chi connectivity index (χ0) is 21.9. The van der Waals surface area contributed by atoms with Crippen LogP contribution in [0.2, 0.25) is 0 Å². The molecule has 1 aliphatic heterocycles. The summed E-state index contributed by atoms with van der Waals surface area (Å²) in [5, 5.41) is 0. The number of carbonyl (C=O) groups excluding carboxylic acids is 3. The van der Waals surface area contributed by atoms with Crippen molar-refractivity contribution in [2.24, 2.45) is 17.3 Å². The van der Waals surface area contributed by atoms with Crippen LogP contribution in [0.15, 0.2) is 12.2 Å². The molecule has 1 spiro atoms. The number of hydrogen-bond donors (Lipinski definition) is 0. The third-order valence-corrected chi connectivity index (χ3v) is 8.05. The van der Waals surface area contributed by atoms with Crippen molar-refractivity contribution in [3.8, 4) is 0 Å². The number of ether oxygens (including phenoxy) is 2. The molecule has 0 radical (unpaired) electrons. The lowest BCUT2D eigenvalue weighted by Crippen LogP contribution is -2.60. The second-order valence-corrected chi connectivity index (χ2v) is 9.89. The van der Waals surface area contributed by atoms with Crippen LogP contribution in [0.25, 0.3) is 0 Å². The Balaban J connectivity index is 1.59. The average molecular weight is 419 g/mol. The van der Waals surface area contributed by atoms with Crippen LogP contribution in [-0.4, -0.2) is 35.8 Å². The first-order chi connectivity index (χ1) is 14.3. The van der Waals surface area contributed by atoms with Gasteiger partial charge < -0.3 is 9.47 Å². The minimum absolute atomic E-state index is 0.0770. The van der Waals surface area contributed by atoms with Crippen LogP contribution in [-0.2, 0) is 23.9 Å².